The number of para-hydroxylation sites is 2. The third-order valence-corrected chi connectivity index (χ3v) is 3.35. The molecule has 5 nitrogen and oxygen atoms in total. The zero-order valence-electron chi connectivity index (χ0n) is 11.9. The van der Waals surface area contributed by atoms with Crippen LogP contribution in [-0.4, -0.2) is 11.8 Å². The highest BCUT2D eigenvalue weighted by Gasteiger charge is 2.29. The van der Waals surface area contributed by atoms with Crippen LogP contribution in [0.25, 0.3) is 0 Å². The van der Waals surface area contributed by atoms with Crippen molar-refractivity contribution in [3.63, 3.8) is 0 Å². The number of carbonyl (C=O) groups is 2. The maximum Gasteiger partial charge on any atom is 0.273 e. The highest BCUT2D eigenvalue weighted by atomic mass is 16.5. The van der Waals surface area contributed by atoms with Gasteiger partial charge in [-0.05, 0) is 37.1 Å². The van der Waals surface area contributed by atoms with Gasteiger partial charge in [-0.1, -0.05) is 30.3 Å². The molecule has 1 saturated carbocycles. The first-order chi connectivity index (χ1) is 10.7. The number of ether oxygens (including phenoxy) is 1. The van der Waals surface area contributed by atoms with Crippen molar-refractivity contribution in [1.82, 2.24) is 10.9 Å². The molecule has 1 aliphatic rings. The third-order valence-electron chi connectivity index (χ3n) is 3.35. The molecule has 2 aromatic carbocycles. The molecule has 3 rings (SSSR count). The first kappa shape index (κ1) is 14.1. The summed E-state index contributed by atoms with van der Waals surface area (Å²) < 4.78 is 5.72. The lowest BCUT2D eigenvalue weighted by atomic mass is 10.2. The van der Waals surface area contributed by atoms with Crippen molar-refractivity contribution in [1.29, 1.82) is 0 Å². The van der Waals surface area contributed by atoms with Gasteiger partial charge in [-0.15, -0.1) is 0 Å². The van der Waals surface area contributed by atoms with Crippen LogP contribution in [-0.2, 0) is 4.79 Å². The Labute approximate surface area is 128 Å². The Morgan fingerprint density at radius 3 is 2.32 bits per heavy atom. The molecule has 0 heterocycles. The van der Waals surface area contributed by atoms with E-state index >= 15 is 0 Å². The summed E-state index contributed by atoms with van der Waals surface area (Å²) in [6.07, 6.45) is 1.77. The summed E-state index contributed by atoms with van der Waals surface area (Å²) in [6.45, 7) is 0. The molecule has 0 unspecified atom stereocenters. The van der Waals surface area contributed by atoms with E-state index in [1.54, 1.807) is 24.3 Å². The fourth-order valence-electron chi connectivity index (χ4n) is 1.99. The fraction of sp³-hybridized carbons (Fsp3) is 0.176. The summed E-state index contributed by atoms with van der Waals surface area (Å²) in [5.74, 6) is 0.572. The molecule has 0 radical (unpaired) electrons. The van der Waals surface area contributed by atoms with E-state index in [0.717, 1.165) is 12.8 Å². The van der Waals surface area contributed by atoms with Gasteiger partial charge in [-0.3, -0.25) is 20.4 Å². The summed E-state index contributed by atoms with van der Waals surface area (Å²) in [5, 5.41) is 0. The topological polar surface area (TPSA) is 67.4 Å². The van der Waals surface area contributed by atoms with Crippen molar-refractivity contribution < 1.29 is 14.3 Å². The van der Waals surface area contributed by atoms with Gasteiger partial charge in [0.05, 0.1) is 5.56 Å². The molecule has 0 atom stereocenters. The maximum absolute atomic E-state index is 12.2. The predicted molar refractivity (Wildman–Crippen MR) is 81.3 cm³/mol. The van der Waals surface area contributed by atoms with Gasteiger partial charge in [0.25, 0.3) is 5.91 Å². The van der Waals surface area contributed by atoms with Gasteiger partial charge in [0.15, 0.2) is 0 Å². The van der Waals surface area contributed by atoms with E-state index in [-0.39, 0.29) is 11.8 Å². The van der Waals surface area contributed by atoms with E-state index < -0.39 is 5.91 Å². The van der Waals surface area contributed by atoms with E-state index in [4.69, 9.17) is 4.74 Å². The van der Waals surface area contributed by atoms with Gasteiger partial charge in [-0.2, -0.15) is 0 Å². The standard InChI is InChI=1S/C17H16N2O3/c20-16(12-10-11-12)18-19-17(21)14-8-4-5-9-15(14)22-13-6-2-1-3-7-13/h1-9,12H,10-11H2,(H,18,20)(H,19,21). The number of benzene rings is 2. The molecule has 1 aliphatic carbocycles. The molecule has 0 aromatic heterocycles. The van der Waals surface area contributed by atoms with Crippen molar-refractivity contribution in [2.75, 3.05) is 0 Å². The summed E-state index contributed by atoms with van der Waals surface area (Å²) in [6, 6.07) is 16.1. The molecule has 5 heteroatoms. The number of rotatable bonds is 4. The molecular weight excluding hydrogens is 280 g/mol. The minimum atomic E-state index is -0.402. The Kier molecular flexibility index (Phi) is 4.05. The maximum atomic E-state index is 12.2. The molecule has 2 amide bonds. The molecular formula is C17H16N2O3. The number of hydrogen-bond donors (Lipinski definition) is 2. The van der Waals surface area contributed by atoms with E-state index in [9.17, 15) is 9.59 Å². The van der Waals surface area contributed by atoms with Gasteiger partial charge >= 0.3 is 0 Å². The van der Waals surface area contributed by atoms with Gasteiger partial charge in [0.1, 0.15) is 11.5 Å². The minimum absolute atomic E-state index is 0.0381. The van der Waals surface area contributed by atoms with Crippen LogP contribution in [0, 0.1) is 5.92 Å². The average Bonchev–Trinajstić information content (AvgIpc) is 3.39. The highest BCUT2D eigenvalue weighted by molar-refractivity contribution is 5.98. The van der Waals surface area contributed by atoms with Gasteiger partial charge in [0.2, 0.25) is 5.91 Å². The van der Waals surface area contributed by atoms with Crippen LogP contribution in [0.4, 0.5) is 0 Å². The molecule has 0 aliphatic heterocycles. The molecule has 2 N–H and O–H groups in total. The molecule has 0 bridgehead atoms. The number of nitrogens with one attached hydrogen (secondary N) is 2. The first-order valence-corrected chi connectivity index (χ1v) is 7.16. The molecule has 0 saturated heterocycles. The lowest BCUT2D eigenvalue weighted by Crippen LogP contribution is -2.42. The lowest BCUT2D eigenvalue weighted by molar-refractivity contribution is -0.123. The van der Waals surface area contributed by atoms with Gasteiger partial charge < -0.3 is 4.74 Å². The Morgan fingerprint density at radius 2 is 1.59 bits per heavy atom. The minimum Gasteiger partial charge on any atom is -0.457 e. The molecule has 112 valence electrons. The zero-order chi connectivity index (χ0) is 15.4. The fourth-order valence-corrected chi connectivity index (χ4v) is 1.99. The number of amides is 2. The molecule has 2 aromatic rings. The summed E-state index contributed by atoms with van der Waals surface area (Å²) in [5.41, 5.74) is 5.23. The summed E-state index contributed by atoms with van der Waals surface area (Å²) in [7, 11) is 0. The lowest BCUT2D eigenvalue weighted by Gasteiger charge is -2.11. The Hall–Kier alpha value is -2.82. The van der Waals surface area contributed by atoms with Crippen molar-refractivity contribution in [2.45, 2.75) is 12.8 Å². The average molecular weight is 296 g/mol. The molecule has 1 fully saturated rings. The van der Waals surface area contributed by atoms with Crippen molar-refractivity contribution >= 4 is 11.8 Å². The second kappa shape index (κ2) is 6.30. The summed E-state index contributed by atoms with van der Waals surface area (Å²) in [4.78, 5) is 23.8. The van der Waals surface area contributed by atoms with Crippen molar-refractivity contribution in [3.05, 3.63) is 60.2 Å². The zero-order valence-corrected chi connectivity index (χ0v) is 11.9. The predicted octanol–water partition coefficient (Wildman–Crippen LogP) is 2.65. The van der Waals surface area contributed by atoms with E-state index in [1.165, 1.54) is 0 Å². The van der Waals surface area contributed by atoms with E-state index in [1.807, 2.05) is 30.3 Å². The van der Waals surface area contributed by atoms with Crippen molar-refractivity contribution in [3.8, 4) is 11.5 Å². The second-order valence-electron chi connectivity index (χ2n) is 5.13. The largest absolute Gasteiger partial charge is 0.457 e. The van der Waals surface area contributed by atoms with Crippen LogP contribution in [0.2, 0.25) is 0 Å². The number of hydrogen-bond acceptors (Lipinski definition) is 3. The molecule has 0 spiro atoms. The first-order valence-electron chi connectivity index (χ1n) is 7.16. The van der Waals surface area contributed by atoms with Crippen LogP contribution in [0.3, 0.4) is 0 Å². The third kappa shape index (κ3) is 3.44. The highest BCUT2D eigenvalue weighted by Crippen LogP contribution is 2.28. The van der Waals surface area contributed by atoms with Gasteiger partial charge in [-0.25, -0.2) is 0 Å². The van der Waals surface area contributed by atoms with Crippen LogP contribution < -0.4 is 15.6 Å². The smallest absolute Gasteiger partial charge is 0.273 e. The van der Waals surface area contributed by atoms with Crippen LogP contribution in [0.5, 0.6) is 11.5 Å². The Balaban J connectivity index is 1.69. The Morgan fingerprint density at radius 1 is 0.909 bits per heavy atom. The normalized spacial score (nSPS) is 13.3. The van der Waals surface area contributed by atoms with Crippen molar-refractivity contribution in [2.24, 2.45) is 5.92 Å². The summed E-state index contributed by atoms with van der Waals surface area (Å²) >= 11 is 0. The van der Waals surface area contributed by atoms with Crippen LogP contribution in [0.15, 0.2) is 54.6 Å². The van der Waals surface area contributed by atoms with Gasteiger partial charge in [0, 0.05) is 5.92 Å². The second-order valence-corrected chi connectivity index (χ2v) is 5.13. The van der Waals surface area contributed by atoms with Crippen LogP contribution in [0.1, 0.15) is 23.2 Å². The SMILES string of the molecule is O=C(NNC(=O)C1CC1)c1ccccc1Oc1ccccc1. The van der Waals surface area contributed by atoms with E-state index in [0.29, 0.717) is 17.1 Å². The molecule has 22 heavy (non-hydrogen) atoms. The van der Waals surface area contributed by atoms with Crippen LogP contribution >= 0.6 is 0 Å². The quantitative estimate of drug-likeness (QED) is 0.852. The Bertz CT molecular complexity index is 681. The number of hydrazine groups is 1. The monoisotopic (exact) mass is 296 g/mol. The number of carbonyl (C=O) groups excluding carboxylic acids is 2. The van der Waals surface area contributed by atoms with E-state index in [2.05, 4.69) is 10.9 Å².